The fourth-order valence-electron chi connectivity index (χ4n) is 1.87. The number of carbonyl (C=O) groups is 1. The maximum absolute atomic E-state index is 10.6. The molecule has 0 spiro atoms. The molecule has 0 saturated heterocycles. The predicted octanol–water partition coefficient (Wildman–Crippen LogP) is 3.34. The largest absolute Gasteiger partial charge is 2.00 e. The summed E-state index contributed by atoms with van der Waals surface area (Å²) in [6.07, 6.45) is 13.6. The van der Waals surface area contributed by atoms with E-state index in [-0.39, 0.29) is 17.1 Å². The van der Waals surface area contributed by atoms with Crippen molar-refractivity contribution < 1.29 is 21.9 Å². The number of rotatable bonds is 1. The predicted molar refractivity (Wildman–Crippen MR) is 55.1 cm³/mol. The molecule has 0 aromatic heterocycles. The van der Waals surface area contributed by atoms with Crippen LogP contribution in [0.25, 0.3) is 0 Å². The monoisotopic (exact) mass is 236 g/mol. The van der Waals surface area contributed by atoms with Gasteiger partial charge < -0.3 is 17.6 Å². The first kappa shape index (κ1) is 14.2. The summed E-state index contributed by atoms with van der Waals surface area (Å²) < 4.78 is 0. The first-order valence-corrected chi connectivity index (χ1v) is 5.46. The van der Waals surface area contributed by atoms with E-state index >= 15 is 0 Å². The van der Waals surface area contributed by atoms with Gasteiger partial charge in [0.15, 0.2) is 0 Å². The Hall–Kier alpha value is 0.189. The van der Waals surface area contributed by atoms with Gasteiger partial charge in [-0.1, -0.05) is 25.7 Å². The summed E-state index contributed by atoms with van der Waals surface area (Å²) in [4.78, 5) is 10.6. The van der Waals surface area contributed by atoms with Crippen LogP contribution in [-0.4, -0.2) is 5.78 Å². The topological polar surface area (TPSA) is 17.1 Å². The van der Waals surface area contributed by atoms with Crippen molar-refractivity contribution in [1.82, 2.24) is 0 Å². The third-order valence-corrected chi connectivity index (χ3v) is 2.76. The second-order valence-electron chi connectivity index (χ2n) is 3.96. The first-order chi connectivity index (χ1) is 6.30. The van der Waals surface area contributed by atoms with Crippen molar-refractivity contribution in [1.29, 1.82) is 0 Å². The molecule has 0 aliphatic heterocycles. The summed E-state index contributed by atoms with van der Waals surface area (Å²) in [5.41, 5.74) is 0. The summed E-state index contributed by atoms with van der Waals surface area (Å²) in [7, 11) is 0. The molecular formula is C12H20FeO. The minimum absolute atomic E-state index is 0. The summed E-state index contributed by atoms with van der Waals surface area (Å²) in [5.74, 6) is 0.637. The molecular weight excluding hydrogens is 216 g/mol. The molecule has 2 aliphatic carbocycles. The molecule has 1 nitrogen and oxygen atoms in total. The third-order valence-electron chi connectivity index (χ3n) is 2.76. The molecule has 1 atom stereocenters. The molecule has 0 radical (unpaired) electrons. The molecule has 82 valence electrons. The maximum atomic E-state index is 10.6. The molecule has 0 heterocycles. The standard InChI is InChI=1S/C7H11O.C5H9.Fe/c1-6(8)7-4-2-3-5-7;1-2-4-5-3-1;/h4,7H,2-3,5H2,1H3;1H,2-5H2;/q2*-1;+2. The zero-order valence-electron chi connectivity index (χ0n) is 8.94. The van der Waals surface area contributed by atoms with Gasteiger partial charge in [0.1, 0.15) is 5.78 Å². The van der Waals surface area contributed by atoms with E-state index in [9.17, 15) is 4.79 Å². The van der Waals surface area contributed by atoms with Gasteiger partial charge in [-0.05, 0) is 6.92 Å². The van der Waals surface area contributed by atoms with Crippen LogP contribution in [0.2, 0.25) is 0 Å². The Labute approximate surface area is 98.5 Å². The van der Waals surface area contributed by atoms with Crippen molar-refractivity contribution in [2.24, 2.45) is 5.92 Å². The fourth-order valence-corrected chi connectivity index (χ4v) is 1.87. The van der Waals surface area contributed by atoms with E-state index in [1.54, 1.807) is 6.92 Å². The van der Waals surface area contributed by atoms with Gasteiger partial charge in [0.2, 0.25) is 0 Å². The van der Waals surface area contributed by atoms with Crippen molar-refractivity contribution in [2.45, 2.75) is 51.9 Å². The molecule has 2 aliphatic rings. The molecule has 0 bridgehead atoms. The normalized spacial score (nSPS) is 24.8. The van der Waals surface area contributed by atoms with E-state index < -0.39 is 0 Å². The van der Waals surface area contributed by atoms with Crippen LogP contribution in [0.1, 0.15) is 51.9 Å². The quantitative estimate of drug-likeness (QED) is 0.504. The van der Waals surface area contributed by atoms with Crippen molar-refractivity contribution in [3.05, 3.63) is 12.8 Å². The average molecular weight is 236 g/mol. The second-order valence-corrected chi connectivity index (χ2v) is 3.96. The average Bonchev–Trinajstić information content (AvgIpc) is 2.82. The van der Waals surface area contributed by atoms with Gasteiger partial charge in [-0.25, -0.2) is 0 Å². The Bertz CT molecular complexity index is 139. The zero-order valence-corrected chi connectivity index (χ0v) is 10.0. The second kappa shape index (κ2) is 8.49. The molecule has 0 aromatic rings. The summed E-state index contributed by atoms with van der Waals surface area (Å²) >= 11 is 0. The molecule has 0 aromatic carbocycles. The molecule has 2 fully saturated rings. The van der Waals surface area contributed by atoms with Gasteiger partial charge in [0.05, 0.1) is 0 Å². The van der Waals surface area contributed by atoms with Crippen LogP contribution >= 0.6 is 0 Å². The zero-order chi connectivity index (χ0) is 9.52. The molecule has 2 heteroatoms. The Morgan fingerprint density at radius 3 is 2.00 bits per heavy atom. The van der Waals surface area contributed by atoms with Crippen LogP contribution in [-0.2, 0) is 21.9 Å². The van der Waals surface area contributed by atoms with E-state index in [0.29, 0.717) is 11.7 Å². The van der Waals surface area contributed by atoms with E-state index in [2.05, 4.69) is 12.8 Å². The van der Waals surface area contributed by atoms with E-state index in [4.69, 9.17) is 0 Å². The Balaban J connectivity index is 0.000000246. The number of Topliss-reactive ketones (excluding diaryl/α,β-unsaturated/α-hetero) is 1. The molecule has 2 rings (SSSR count). The maximum Gasteiger partial charge on any atom is 2.00 e. The minimum atomic E-state index is 0. The Kier molecular flexibility index (Phi) is 8.61. The number of hydrogen-bond donors (Lipinski definition) is 0. The Morgan fingerprint density at radius 1 is 1.14 bits per heavy atom. The number of carbonyl (C=O) groups excluding carboxylic acids is 1. The van der Waals surface area contributed by atoms with Crippen molar-refractivity contribution in [2.75, 3.05) is 0 Å². The van der Waals surface area contributed by atoms with Crippen LogP contribution in [0.3, 0.4) is 0 Å². The smallest absolute Gasteiger partial charge is 0.328 e. The van der Waals surface area contributed by atoms with Crippen LogP contribution in [0.15, 0.2) is 0 Å². The van der Waals surface area contributed by atoms with Gasteiger partial charge in [-0.15, -0.1) is 5.92 Å². The van der Waals surface area contributed by atoms with Crippen LogP contribution in [0, 0.1) is 18.8 Å². The molecule has 1 unspecified atom stereocenters. The van der Waals surface area contributed by atoms with Crippen LogP contribution < -0.4 is 0 Å². The van der Waals surface area contributed by atoms with Crippen molar-refractivity contribution >= 4 is 5.78 Å². The molecule has 14 heavy (non-hydrogen) atoms. The number of ketones is 1. The minimum Gasteiger partial charge on any atom is -0.328 e. The molecule has 0 N–H and O–H groups in total. The summed E-state index contributed by atoms with van der Waals surface area (Å²) in [6, 6.07) is 0. The Morgan fingerprint density at radius 2 is 1.79 bits per heavy atom. The van der Waals surface area contributed by atoms with E-state index in [1.807, 2.05) is 0 Å². The first-order valence-electron chi connectivity index (χ1n) is 5.46. The van der Waals surface area contributed by atoms with Gasteiger partial charge in [0, 0.05) is 0 Å². The van der Waals surface area contributed by atoms with E-state index in [1.165, 1.54) is 32.1 Å². The van der Waals surface area contributed by atoms with E-state index in [0.717, 1.165) is 12.8 Å². The SMILES string of the molecule is CC(=O)C1[CH-]CCC1.[CH-]1CCCC1.[Fe+2]. The summed E-state index contributed by atoms with van der Waals surface area (Å²) in [6.45, 7) is 1.67. The van der Waals surface area contributed by atoms with Crippen LogP contribution in [0.5, 0.6) is 0 Å². The number of hydrogen-bond acceptors (Lipinski definition) is 1. The molecule has 0 amide bonds. The van der Waals surface area contributed by atoms with Crippen LogP contribution in [0.4, 0.5) is 0 Å². The van der Waals surface area contributed by atoms with Gasteiger partial charge in [0.25, 0.3) is 0 Å². The van der Waals surface area contributed by atoms with Gasteiger partial charge in [-0.3, -0.25) is 0 Å². The fraction of sp³-hybridized carbons (Fsp3) is 0.750. The van der Waals surface area contributed by atoms with Crippen molar-refractivity contribution in [3.8, 4) is 0 Å². The van der Waals surface area contributed by atoms with Gasteiger partial charge in [-0.2, -0.15) is 19.3 Å². The van der Waals surface area contributed by atoms with Gasteiger partial charge >= 0.3 is 17.1 Å². The summed E-state index contributed by atoms with van der Waals surface area (Å²) in [5, 5.41) is 0. The molecule has 2 saturated carbocycles. The van der Waals surface area contributed by atoms with Crippen molar-refractivity contribution in [3.63, 3.8) is 0 Å². The third kappa shape index (κ3) is 5.82.